The van der Waals surface area contributed by atoms with Gasteiger partial charge in [0, 0.05) is 12.8 Å². The molecule has 58 heavy (non-hydrogen) atoms. The van der Waals surface area contributed by atoms with Crippen LogP contribution in [-0.2, 0) is 33.3 Å². The molecule has 9 nitrogen and oxygen atoms in total. The number of allylic oxidation sites excluding steroid dienone is 6. The van der Waals surface area contributed by atoms with Crippen LogP contribution in [0.4, 0.5) is 0 Å². The molecule has 9 heteroatoms. The van der Waals surface area contributed by atoms with Crippen LogP contribution >= 0.6 is 0 Å². The molecule has 0 radical (unpaired) electrons. The zero-order valence-electron chi connectivity index (χ0n) is 38.2. The first-order valence-electron chi connectivity index (χ1n) is 23.6. The second kappa shape index (κ2) is 41.3. The van der Waals surface area contributed by atoms with E-state index in [1.165, 1.54) is 96.3 Å². The molecule has 2 unspecified atom stereocenters. The van der Waals surface area contributed by atoms with E-state index in [1.54, 1.807) is 0 Å². The Morgan fingerprint density at radius 1 is 0.517 bits per heavy atom. The van der Waals surface area contributed by atoms with E-state index in [0.717, 1.165) is 70.6 Å². The number of ether oxygens (including phenoxy) is 4. The Balaban J connectivity index is 4.42. The lowest BCUT2D eigenvalue weighted by molar-refractivity contribution is -0.870. The molecular formula is C49H89NO8. The summed E-state index contributed by atoms with van der Waals surface area (Å²) >= 11 is 0. The summed E-state index contributed by atoms with van der Waals surface area (Å²) < 4.78 is 22.6. The molecule has 338 valence electrons. The number of carbonyl (C=O) groups is 3. The first-order valence-corrected chi connectivity index (χ1v) is 23.6. The van der Waals surface area contributed by atoms with Crippen LogP contribution in [-0.4, -0.2) is 82.3 Å². The maximum atomic E-state index is 12.7. The number of quaternary nitrogens is 1. The Bertz CT molecular complexity index is 1050. The molecule has 0 aliphatic heterocycles. The SMILES string of the molecule is CCCCC/C=C\C/C=C\CCCCCCCC(=O)OC(COC(=O)CCCCCCCCC/C=C\CCCCCCCCC)COC(OCC[N+](C)(C)C)C(=O)[O-]. The molecule has 0 aliphatic carbocycles. The lowest BCUT2D eigenvalue weighted by Gasteiger charge is -2.26. The summed E-state index contributed by atoms with van der Waals surface area (Å²) in [7, 11) is 5.90. The van der Waals surface area contributed by atoms with Gasteiger partial charge in [0.05, 0.1) is 40.3 Å². The van der Waals surface area contributed by atoms with Gasteiger partial charge in [0.1, 0.15) is 13.2 Å². The summed E-state index contributed by atoms with van der Waals surface area (Å²) in [5.41, 5.74) is 0. The molecule has 0 fully saturated rings. The quantitative estimate of drug-likeness (QED) is 0.0197. The Hall–Kier alpha value is -2.49. The second-order valence-electron chi connectivity index (χ2n) is 17.0. The number of hydrogen-bond donors (Lipinski definition) is 0. The number of esters is 2. The van der Waals surface area contributed by atoms with Crippen molar-refractivity contribution in [2.45, 2.75) is 212 Å². The van der Waals surface area contributed by atoms with Crippen LogP contribution in [0.3, 0.4) is 0 Å². The highest BCUT2D eigenvalue weighted by Crippen LogP contribution is 2.14. The van der Waals surface area contributed by atoms with Gasteiger partial charge in [-0.1, -0.05) is 153 Å². The van der Waals surface area contributed by atoms with Gasteiger partial charge in [-0.05, 0) is 70.6 Å². The molecule has 0 spiro atoms. The first-order chi connectivity index (χ1) is 28.1. The fourth-order valence-corrected chi connectivity index (χ4v) is 6.38. The average Bonchev–Trinajstić information content (AvgIpc) is 3.18. The minimum absolute atomic E-state index is 0.144. The standard InChI is InChI=1S/C49H89NO8/c1-6-8-10-12-14-16-18-20-22-23-24-26-27-29-31-33-35-37-39-46(51)56-43-45(44-57-49(48(53)54)55-42-41-50(3,4)5)58-47(52)40-38-36-34-32-30-28-25-21-19-17-15-13-11-9-7-2/h15,17,21-23,25,45,49H,6-14,16,18-20,24,26-44H2,1-5H3/b17-15-,23-22-,25-21-. The fraction of sp³-hybridized carbons (Fsp3) is 0.816. The van der Waals surface area contributed by atoms with Crippen LogP contribution < -0.4 is 5.11 Å². The number of carboxylic acids is 1. The summed E-state index contributed by atoms with van der Waals surface area (Å²) in [6, 6.07) is 0. The van der Waals surface area contributed by atoms with E-state index in [9.17, 15) is 19.5 Å². The van der Waals surface area contributed by atoms with Crippen LogP contribution in [0.2, 0.25) is 0 Å². The normalized spacial score (nSPS) is 13.2. The van der Waals surface area contributed by atoms with Crippen molar-refractivity contribution in [1.29, 1.82) is 0 Å². The van der Waals surface area contributed by atoms with E-state index < -0.39 is 24.3 Å². The monoisotopic (exact) mass is 820 g/mol. The molecular weight excluding hydrogens is 731 g/mol. The Kier molecular flexibility index (Phi) is 39.5. The summed E-state index contributed by atoms with van der Waals surface area (Å²) in [5, 5.41) is 11.7. The van der Waals surface area contributed by atoms with Crippen molar-refractivity contribution < 1.29 is 42.9 Å². The lowest BCUT2D eigenvalue weighted by Crippen LogP contribution is -2.44. The summed E-state index contributed by atoms with van der Waals surface area (Å²) in [6.45, 7) is 4.69. The summed E-state index contributed by atoms with van der Waals surface area (Å²) in [5.74, 6) is -2.31. The van der Waals surface area contributed by atoms with Crippen molar-refractivity contribution in [2.24, 2.45) is 0 Å². The van der Waals surface area contributed by atoms with E-state index in [1.807, 2.05) is 21.1 Å². The lowest BCUT2D eigenvalue weighted by atomic mass is 10.1. The van der Waals surface area contributed by atoms with Crippen molar-refractivity contribution in [2.75, 3.05) is 47.5 Å². The van der Waals surface area contributed by atoms with E-state index >= 15 is 0 Å². The van der Waals surface area contributed by atoms with Crippen molar-refractivity contribution in [3.8, 4) is 0 Å². The largest absolute Gasteiger partial charge is 0.545 e. The Morgan fingerprint density at radius 3 is 1.41 bits per heavy atom. The highest BCUT2D eigenvalue weighted by Gasteiger charge is 2.21. The molecule has 0 N–H and O–H groups in total. The number of aliphatic carboxylic acids is 1. The van der Waals surface area contributed by atoms with Gasteiger partial charge in [-0.25, -0.2) is 0 Å². The van der Waals surface area contributed by atoms with E-state index in [2.05, 4.69) is 50.3 Å². The van der Waals surface area contributed by atoms with Gasteiger partial charge in [0.2, 0.25) is 0 Å². The number of unbranched alkanes of at least 4 members (excludes halogenated alkanes) is 22. The van der Waals surface area contributed by atoms with Gasteiger partial charge in [-0.2, -0.15) is 0 Å². The minimum atomic E-state index is -1.62. The van der Waals surface area contributed by atoms with Crippen LogP contribution in [0.5, 0.6) is 0 Å². The molecule has 0 heterocycles. The predicted molar refractivity (Wildman–Crippen MR) is 237 cm³/mol. The number of likely N-dealkylation sites (N-methyl/N-ethyl adjacent to an activating group) is 1. The zero-order valence-corrected chi connectivity index (χ0v) is 38.2. The number of rotatable bonds is 43. The maximum Gasteiger partial charge on any atom is 0.306 e. The molecule has 0 amide bonds. The third-order valence-electron chi connectivity index (χ3n) is 10.1. The number of nitrogens with zero attached hydrogens (tertiary/aromatic N) is 1. The van der Waals surface area contributed by atoms with Gasteiger partial charge < -0.3 is 33.3 Å². The molecule has 0 aliphatic rings. The molecule has 0 saturated heterocycles. The number of hydrogen-bond acceptors (Lipinski definition) is 8. The van der Waals surface area contributed by atoms with Crippen molar-refractivity contribution >= 4 is 17.9 Å². The fourth-order valence-electron chi connectivity index (χ4n) is 6.38. The van der Waals surface area contributed by atoms with E-state index in [4.69, 9.17) is 18.9 Å². The third-order valence-corrected chi connectivity index (χ3v) is 10.1. The van der Waals surface area contributed by atoms with Gasteiger partial charge in [-0.15, -0.1) is 0 Å². The van der Waals surface area contributed by atoms with Crippen molar-refractivity contribution in [1.82, 2.24) is 0 Å². The van der Waals surface area contributed by atoms with Crippen LogP contribution in [0.1, 0.15) is 200 Å². The van der Waals surface area contributed by atoms with Crippen LogP contribution in [0.25, 0.3) is 0 Å². The zero-order chi connectivity index (χ0) is 42.8. The summed E-state index contributed by atoms with van der Waals surface area (Å²) in [4.78, 5) is 37.0. The van der Waals surface area contributed by atoms with E-state index in [-0.39, 0.29) is 38.6 Å². The third kappa shape index (κ3) is 41.7. The Morgan fingerprint density at radius 2 is 0.931 bits per heavy atom. The molecule has 0 aromatic rings. The van der Waals surface area contributed by atoms with Gasteiger partial charge in [-0.3, -0.25) is 9.59 Å². The van der Waals surface area contributed by atoms with E-state index in [0.29, 0.717) is 17.4 Å². The van der Waals surface area contributed by atoms with Gasteiger partial charge in [0.25, 0.3) is 0 Å². The average molecular weight is 820 g/mol. The molecule has 0 aromatic carbocycles. The molecule has 2 atom stereocenters. The molecule has 0 rings (SSSR count). The van der Waals surface area contributed by atoms with Crippen molar-refractivity contribution in [3.05, 3.63) is 36.5 Å². The minimum Gasteiger partial charge on any atom is -0.545 e. The Labute approximate surface area is 356 Å². The molecule has 0 bridgehead atoms. The van der Waals surface area contributed by atoms with Gasteiger partial charge in [0.15, 0.2) is 12.4 Å². The molecule has 0 saturated carbocycles. The van der Waals surface area contributed by atoms with Crippen LogP contribution in [0.15, 0.2) is 36.5 Å². The highest BCUT2D eigenvalue weighted by atomic mass is 16.7. The highest BCUT2D eigenvalue weighted by molar-refractivity contribution is 5.70. The van der Waals surface area contributed by atoms with Crippen LogP contribution in [0, 0.1) is 0 Å². The van der Waals surface area contributed by atoms with Crippen molar-refractivity contribution in [3.63, 3.8) is 0 Å². The smallest absolute Gasteiger partial charge is 0.306 e. The number of carboxylic acid groups (broad SMARTS) is 1. The van der Waals surface area contributed by atoms with Gasteiger partial charge >= 0.3 is 11.9 Å². The maximum absolute atomic E-state index is 12.7. The predicted octanol–water partition coefficient (Wildman–Crippen LogP) is 11.3. The first kappa shape index (κ1) is 55.5. The summed E-state index contributed by atoms with van der Waals surface area (Å²) in [6.07, 6.45) is 43.1. The number of carbonyl (C=O) groups excluding carboxylic acids is 3. The molecule has 0 aromatic heterocycles. The second-order valence-corrected chi connectivity index (χ2v) is 17.0. The topological polar surface area (TPSA) is 111 Å².